The third-order valence-electron chi connectivity index (χ3n) is 7.70. The molecule has 1 atom stereocenters. The van der Waals surface area contributed by atoms with Gasteiger partial charge < -0.3 is 9.80 Å². The highest BCUT2D eigenvalue weighted by atomic mass is 16.2. The zero-order chi connectivity index (χ0) is 22.8. The number of carbonyl (C=O) groups excluding carboxylic acids is 3. The van der Waals surface area contributed by atoms with Gasteiger partial charge in [0.2, 0.25) is 11.7 Å². The minimum absolute atomic E-state index is 0.0326. The van der Waals surface area contributed by atoms with Crippen LogP contribution in [-0.4, -0.2) is 71.6 Å². The molecule has 2 aromatic rings. The Hall–Kier alpha value is -2.99. The van der Waals surface area contributed by atoms with Crippen LogP contribution in [0.5, 0.6) is 0 Å². The number of benzene rings is 2. The van der Waals surface area contributed by atoms with Crippen molar-refractivity contribution >= 4 is 17.6 Å². The molecule has 0 aromatic heterocycles. The van der Waals surface area contributed by atoms with Crippen LogP contribution in [0.25, 0.3) is 0 Å². The second-order valence-corrected chi connectivity index (χ2v) is 9.69. The van der Waals surface area contributed by atoms with E-state index in [4.69, 9.17) is 0 Å². The molecular weight excluding hydrogens is 414 g/mol. The van der Waals surface area contributed by atoms with Crippen molar-refractivity contribution in [3.8, 4) is 0 Å². The topological polar surface area (TPSA) is 60.9 Å². The van der Waals surface area contributed by atoms with Crippen molar-refractivity contribution in [1.82, 2.24) is 14.7 Å². The predicted molar refractivity (Wildman–Crippen MR) is 125 cm³/mol. The molecule has 33 heavy (non-hydrogen) atoms. The van der Waals surface area contributed by atoms with Crippen molar-refractivity contribution in [3.05, 3.63) is 71.8 Å². The fourth-order valence-corrected chi connectivity index (χ4v) is 5.45. The first-order valence-corrected chi connectivity index (χ1v) is 12.0. The maximum atomic E-state index is 13.2. The molecule has 1 saturated carbocycles. The van der Waals surface area contributed by atoms with Crippen molar-refractivity contribution in [1.29, 1.82) is 0 Å². The summed E-state index contributed by atoms with van der Waals surface area (Å²) < 4.78 is 0. The lowest BCUT2D eigenvalue weighted by molar-refractivity contribution is -0.135. The van der Waals surface area contributed by atoms with Gasteiger partial charge in [0.1, 0.15) is 0 Å². The molecule has 2 aromatic carbocycles. The predicted octanol–water partition coefficient (Wildman–Crippen LogP) is 2.84. The summed E-state index contributed by atoms with van der Waals surface area (Å²) in [6.45, 7) is 5.44. The summed E-state index contributed by atoms with van der Waals surface area (Å²) in [6, 6.07) is 19.2. The number of piperazine rings is 1. The van der Waals surface area contributed by atoms with Crippen molar-refractivity contribution in [2.75, 3.05) is 39.3 Å². The minimum atomic E-state index is -0.441. The molecule has 172 valence electrons. The number of rotatable bonds is 5. The SMILES string of the molecule is O=C(C(=O)N1CCC2(CC1)C[C@H]2C(=O)N1CCN(Cc2ccccc2)CC1)c1ccccc1. The van der Waals surface area contributed by atoms with Gasteiger partial charge in [-0.05, 0) is 30.2 Å². The summed E-state index contributed by atoms with van der Waals surface area (Å²) in [6.07, 6.45) is 2.54. The fraction of sp³-hybridized carbons (Fsp3) is 0.444. The number of likely N-dealkylation sites (tertiary alicyclic amines) is 1. The molecule has 2 amide bonds. The molecule has 3 aliphatic rings. The number of hydrogen-bond donors (Lipinski definition) is 0. The lowest BCUT2D eigenvalue weighted by Gasteiger charge is -2.36. The molecule has 6 nitrogen and oxygen atoms in total. The smallest absolute Gasteiger partial charge is 0.294 e. The van der Waals surface area contributed by atoms with Gasteiger partial charge in [0, 0.05) is 57.3 Å². The summed E-state index contributed by atoms with van der Waals surface area (Å²) in [4.78, 5) is 44.4. The van der Waals surface area contributed by atoms with Crippen LogP contribution < -0.4 is 0 Å². The van der Waals surface area contributed by atoms with Crippen molar-refractivity contribution in [2.24, 2.45) is 11.3 Å². The molecule has 5 rings (SSSR count). The molecule has 1 aliphatic carbocycles. The van der Waals surface area contributed by atoms with Crippen molar-refractivity contribution in [2.45, 2.75) is 25.8 Å². The molecule has 0 unspecified atom stereocenters. The standard InChI is InChI=1S/C27H31N3O3/c31-24(22-9-5-2-6-10-22)26(33)29-13-11-27(12-14-29)19-23(27)25(32)30-17-15-28(16-18-30)20-21-7-3-1-4-8-21/h1-10,23H,11-20H2/t23-/m0/s1. The molecule has 2 heterocycles. The van der Waals surface area contributed by atoms with Gasteiger partial charge in [0.15, 0.2) is 0 Å². The van der Waals surface area contributed by atoms with Crippen molar-refractivity contribution in [3.63, 3.8) is 0 Å². The van der Waals surface area contributed by atoms with Crippen LogP contribution in [0, 0.1) is 11.3 Å². The Morgan fingerprint density at radius 1 is 0.758 bits per heavy atom. The first-order valence-electron chi connectivity index (χ1n) is 12.0. The van der Waals surface area contributed by atoms with Gasteiger partial charge >= 0.3 is 0 Å². The molecular formula is C27H31N3O3. The van der Waals surface area contributed by atoms with Crippen LogP contribution in [0.3, 0.4) is 0 Å². The van der Waals surface area contributed by atoms with E-state index < -0.39 is 11.7 Å². The van der Waals surface area contributed by atoms with Crippen molar-refractivity contribution < 1.29 is 14.4 Å². The van der Waals surface area contributed by atoms with Crippen LogP contribution >= 0.6 is 0 Å². The largest absolute Gasteiger partial charge is 0.340 e. The fourth-order valence-electron chi connectivity index (χ4n) is 5.45. The second-order valence-electron chi connectivity index (χ2n) is 9.69. The van der Waals surface area contributed by atoms with E-state index in [0.29, 0.717) is 18.7 Å². The van der Waals surface area contributed by atoms with Crippen LogP contribution in [0.4, 0.5) is 0 Å². The van der Waals surface area contributed by atoms with Gasteiger partial charge in [0.05, 0.1) is 0 Å². The normalized spacial score (nSPS) is 22.2. The first kappa shape index (κ1) is 21.8. The summed E-state index contributed by atoms with van der Waals surface area (Å²) >= 11 is 0. The average Bonchev–Trinajstić information content (AvgIpc) is 3.57. The lowest BCUT2D eigenvalue weighted by Crippen LogP contribution is -2.49. The Balaban J connectivity index is 1.09. The van der Waals surface area contributed by atoms with E-state index in [9.17, 15) is 14.4 Å². The van der Waals surface area contributed by atoms with E-state index in [1.165, 1.54) is 5.56 Å². The van der Waals surface area contributed by atoms with E-state index in [1.54, 1.807) is 29.2 Å². The molecule has 0 radical (unpaired) electrons. The highest BCUT2D eigenvalue weighted by Crippen LogP contribution is 2.60. The first-order chi connectivity index (χ1) is 16.1. The Kier molecular flexibility index (Phi) is 6.02. The molecule has 1 spiro atoms. The monoisotopic (exact) mass is 445 g/mol. The van der Waals surface area contributed by atoms with Crippen LogP contribution in [0.1, 0.15) is 35.2 Å². The van der Waals surface area contributed by atoms with Gasteiger partial charge in [0.25, 0.3) is 5.91 Å². The maximum absolute atomic E-state index is 13.2. The Morgan fingerprint density at radius 3 is 2.00 bits per heavy atom. The Labute approximate surface area is 195 Å². The van der Waals surface area contributed by atoms with Crippen LogP contribution in [-0.2, 0) is 16.1 Å². The van der Waals surface area contributed by atoms with Gasteiger partial charge in [-0.1, -0.05) is 60.7 Å². The quantitative estimate of drug-likeness (QED) is 0.525. The zero-order valence-electron chi connectivity index (χ0n) is 19.0. The second kappa shape index (κ2) is 9.10. The molecule has 2 saturated heterocycles. The van der Waals surface area contributed by atoms with Crippen LogP contribution in [0.15, 0.2) is 60.7 Å². The number of carbonyl (C=O) groups is 3. The third-order valence-corrected chi connectivity index (χ3v) is 7.70. The summed E-state index contributed by atoms with van der Waals surface area (Å²) in [5.74, 6) is -0.493. The number of piperidine rings is 1. The third kappa shape index (κ3) is 4.58. The summed E-state index contributed by atoms with van der Waals surface area (Å²) in [5, 5.41) is 0. The van der Waals surface area contributed by atoms with Gasteiger partial charge in [-0.3, -0.25) is 19.3 Å². The highest BCUT2D eigenvalue weighted by Gasteiger charge is 2.59. The molecule has 3 fully saturated rings. The number of hydrogen-bond acceptors (Lipinski definition) is 4. The lowest BCUT2D eigenvalue weighted by atomic mass is 9.90. The van der Waals surface area contributed by atoms with Gasteiger partial charge in [-0.2, -0.15) is 0 Å². The Bertz CT molecular complexity index is 1010. The minimum Gasteiger partial charge on any atom is -0.340 e. The average molecular weight is 446 g/mol. The van der Waals surface area contributed by atoms with E-state index in [2.05, 4.69) is 29.2 Å². The number of nitrogens with zero attached hydrogens (tertiary/aromatic N) is 3. The maximum Gasteiger partial charge on any atom is 0.294 e. The molecule has 0 bridgehead atoms. The van der Waals surface area contributed by atoms with Gasteiger partial charge in [-0.25, -0.2) is 0 Å². The van der Waals surface area contributed by atoms with Crippen LogP contribution in [0.2, 0.25) is 0 Å². The summed E-state index contributed by atoms with van der Waals surface area (Å²) in [7, 11) is 0. The highest BCUT2D eigenvalue weighted by molar-refractivity contribution is 6.42. The molecule has 6 heteroatoms. The van der Waals surface area contributed by atoms with E-state index in [1.807, 2.05) is 17.0 Å². The molecule has 0 N–H and O–H groups in total. The Morgan fingerprint density at radius 2 is 1.36 bits per heavy atom. The molecule has 2 aliphatic heterocycles. The number of amides is 2. The zero-order valence-corrected chi connectivity index (χ0v) is 19.0. The number of Topliss-reactive ketones (excluding diaryl/α,β-unsaturated/α-hetero) is 1. The van der Waals surface area contributed by atoms with E-state index in [-0.39, 0.29) is 17.2 Å². The van der Waals surface area contributed by atoms with Gasteiger partial charge in [-0.15, -0.1) is 0 Å². The summed E-state index contributed by atoms with van der Waals surface area (Å²) in [5.41, 5.74) is 1.78. The van der Waals surface area contributed by atoms with E-state index >= 15 is 0 Å². The number of ketones is 1. The van der Waals surface area contributed by atoms with E-state index in [0.717, 1.165) is 52.0 Å².